The van der Waals surface area contributed by atoms with E-state index in [4.69, 9.17) is 10.5 Å². The number of amides is 1. The summed E-state index contributed by atoms with van der Waals surface area (Å²) in [5.41, 5.74) is 7.07. The van der Waals surface area contributed by atoms with Gasteiger partial charge in [0.05, 0.1) is 6.61 Å². The van der Waals surface area contributed by atoms with Crippen LogP contribution in [-0.2, 0) is 11.3 Å². The summed E-state index contributed by atoms with van der Waals surface area (Å²) in [4.78, 5) is 16.2. The standard InChI is InChI=1S/C17H27N3O2/c1-3-22-10-9-20-8-7-19(12-14(20)2)13-15-5-4-6-16(11-15)17(18)21/h4-6,11,14H,3,7-10,12-13H2,1-2H3,(H2,18,21). The van der Waals surface area contributed by atoms with Crippen molar-refractivity contribution in [2.75, 3.05) is 39.4 Å². The Morgan fingerprint density at radius 3 is 2.91 bits per heavy atom. The molecule has 1 unspecified atom stereocenters. The second-order valence-corrected chi connectivity index (χ2v) is 5.88. The van der Waals surface area contributed by atoms with Crippen LogP contribution in [-0.4, -0.2) is 61.1 Å². The summed E-state index contributed by atoms with van der Waals surface area (Å²) in [6.45, 7) is 10.9. The minimum Gasteiger partial charge on any atom is -0.380 e. The molecule has 0 aromatic heterocycles. The molecule has 22 heavy (non-hydrogen) atoms. The van der Waals surface area contributed by atoms with Crippen LogP contribution in [0.25, 0.3) is 0 Å². The summed E-state index contributed by atoms with van der Waals surface area (Å²) >= 11 is 0. The van der Waals surface area contributed by atoms with Crippen molar-refractivity contribution in [3.05, 3.63) is 35.4 Å². The number of nitrogens with zero attached hydrogens (tertiary/aromatic N) is 2. The molecule has 2 N–H and O–H groups in total. The van der Waals surface area contributed by atoms with Crippen molar-refractivity contribution in [1.29, 1.82) is 0 Å². The molecule has 1 fully saturated rings. The monoisotopic (exact) mass is 305 g/mol. The first kappa shape index (κ1) is 16.9. The fourth-order valence-corrected chi connectivity index (χ4v) is 2.95. The number of ether oxygens (including phenoxy) is 1. The first-order valence-electron chi connectivity index (χ1n) is 8.03. The molecule has 122 valence electrons. The Labute approximate surface area is 133 Å². The SMILES string of the molecule is CCOCCN1CCN(Cc2cccc(C(N)=O)c2)CC1C. The molecular formula is C17H27N3O2. The maximum absolute atomic E-state index is 11.3. The number of carbonyl (C=O) groups is 1. The van der Waals surface area contributed by atoms with Gasteiger partial charge in [-0.25, -0.2) is 0 Å². The van der Waals surface area contributed by atoms with Crippen molar-refractivity contribution in [1.82, 2.24) is 9.80 Å². The molecule has 1 aliphatic heterocycles. The number of rotatable bonds is 7. The van der Waals surface area contributed by atoms with Crippen LogP contribution < -0.4 is 5.73 Å². The molecule has 0 spiro atoms. The fraction of sp³-hybridized carbons (Fsp3) is 0.588. The summed E-state index contributed by atoms with van der Waals surface area (Å²) in [6.07, 6.45) is 0. The number of hydrogen-bond donors (Lipinski definition) is 1. The highest BCUT2D eigenvalue weighted by Crippen LogP contribution is 2.14. The van der Waals surface area contributed by atoms with E-state index >= 15 is 0 Å². The van der Waals surface area contributed by atoms with E-state index in [0.29, 0.717) is 11.6 Å². The van der Waals surface area contributed by atoms with E-state index in [1.807, 2.05) is 19.1 Å². The number of piperazine rings is 1. The van der Waals surface area contributed by atoms with Crippen LogP contribution in [0, 0.1) is 0 Å². The van der Waals surface area contributed by atoms with E-state index in [9.17, 15) is 4.79 Å². The smallest absolute Gasteiger partial charge is 0.248 e. The van der Waals surface area contributed by atoms with Gasteiger partial charge >= 0.3 is 0 Å². The van der Waals surface area contributed by atoms with Crippen molar-refractivity contribution in [3.63, 3.8) is 0 Å². The minimum absolute atomic E-state index is 0.365. The van der Waals surface area contributed by atoms with E-state index in [1.54, 1.807) is 6.07 Å². The molecule has 5 heteroatoms. The topological polar surface area (TPSA) is 58.8 Å². The molecule has 0 aliphatic carbocycles. The van der Waals surface area contributed by atoms with Crippen LogP contribution in [0.1, 0.15) is 29.8 Å². The van der Waals surface area contributed by atoms with Gasteiger partial charge in [-0.1, -0.05) is 12.1 Å². The van der Waals surface area contributed by atoms with Crippen LogP contribution in [0.2, 0.25) is 0 Å². The van der Waals surface area contributed by atoms with Gasteiger partial charge in [-0.2, -0.15) is 0 Å². The van der Waals surface area contributed by atoms with Gasteiger partial charge in [0.25, 0.3) is 0 Å². The molecule has 5 nitrogen and oxygen atoms in total. The molecule has 1 amide bonds. The lowest BCUT2D eigenvalue weighted by molar-refractivity contribution is 0.0466. The zero-order valence-electron chi connectivity index (χ0n) is 13.6. The molecule has 0 bridgehead atoms. The highest BCUT2D eigenvalue weighted by Gasteiger charge is 2.23. The highest BCUT2D eigenvalue weighted by atomic mass is 16.5. The zero-order chi connectivity index (χ0) is 15.9. The van der Waals surface area contributed by atoms with Crippen LogP contribution in [0.15, 0.2) is 24.3 Å². The Kier molecular flexibility index (Phi) is 6.36. The van der Waals surface area contributed by atoms with Crippen molar-refractivity contribution in [2.45, 2.75) is 26.4 Å². The number of hydrogen-bond acceptors (Lipinski definition) is 4. The molecule has 1 saturated heterocycles. The molecule has 0 saturated carbocycles. The van der Waals surface area contributed by atoms with Crippen LogP contribution in [0.3, 0.4) is 0 Å². The van der Waals surface area contributed by atoms with E-state index < -0.39 is 0 Å². The van der Waals surface area contributed by atoms with E-state index in [2.05, 4.69) is 22.8 Å². The minimum atomic E-state index is -0.365. The predicted octanol–water partition coefficient (Wildman–Crippen LogP) is 1.33. The van der Waals surface area contributed by atoms with E-state index in [0.717, 1.165) is 51.5 Å². The predicted molar refractivity (Wildman–Crippen MR) is 87.8 cm³/mol. The summed E-state index contributed by atoms with van der Waals surface area (Å²) in [6, 6.07) is 8.14. The molecule has 1 aromatic rings. The zero-order valence-corrected chi connectivity index (χ0v) is 13.6. The average molecular weight is 305 g/mol. The highest BCUT2D eigenvalue weighted by molar-refractivity contribution is 5.92. The van der Waals surface area contributed by atoms with Gasteiger partial charge in [-0.15, -0.1) is 0 Å². The Morgan fingerprint density at radius 2 is 2.23 bits per heavy atom. The van der Waals surface area contributed by atoms with Crippen molar-refractivity contribution < 1.29 is 9.53 Å². The Bertz CT molecular complexity index is 493. The normalized spacial score (nSPS) is 20.2. The molecule has 1 aromatic carbocycles. The van der Waals surface area contributed by atoms with Crippen LogP contribution in [0.4, 0.5) is 0 Å². The molecule has 2 rings (SSSR count). The summed E-state index contributed by atoms with van der Waals surface area (Å²) < 4.78 is 5.44. The maximum Gasteiger partial charge on any atom is 0.248 e. The number of benzene rings is 1. The Morgan fingerprint density at radius 1 is 1.41 bits per heavy atom. The van der Waals surface area contributed by atoms with Crippen LogP contribution >= 0.6 is 0 Å². The first-order chi connectivity index (χ1) is 10.6. The number of carbonyl (C=O) groups excluding carboxylic acids is 1. The van der Waals surface area contributed by atoms with Gasteiger partial charge in [0, 0.05) is 50.9 Å². The lowest BCUT2D eigenvalue weighted by Gasteiger charge is -2.39. The molecular weight excluding hydrogens is 278 g/mol. The van der Waals surface area contributed by atoms with Crippen LogP contribution in [0.5, 0.6) is 0 Å². The lowest BCUT2D eigenvalue weighted by atomic mass is 10.1. The second-order valence-electron chi connectivity index (χ2n) is 5.88. The third-order valence-corrected chi connectivity index (χ3v) is 4.19. The number of primary amides is 1. The first-order valence-corrected chi connectivity index (χ1v) is 8.03. The summed E-state index contributed by atoms with van der Waals surface area (Å²) in [5.74, 6) is -0.365. The Hall–Kier alpha value is -1.43. The third kappa shape index (κ3) is 4.80. The molecule has 1 aliphatic rings. The molecule has 0 radical (unpaired) electrons. The quantitative estimate of drug-likeness (QED) is 0.772. The molecule has 1 heterocycles. The van der Waals surface area contributed by atoms with E-state index in [-0.39, 0.29) is 5.91 Å². The maximum atomic E-state index is 11.3. The third-order valence-electron chi connectivity index (χ3n) is 4.19. The Balaban J connectivity index is 1.85. The second kappa shape index (κ2) is 8.27. The number of nitrogens with two attached hydrogens (primary N) is 1. The lowest BCUT2D eigenvalue weighted by Crippen LogP contribution is -2.52. The van der Waals surface area contributed by atoms with Crippen molar-refractivity contribution in [2.24, 2.45) is 5.73 Å². The van der Waals surface area contributed by atoms with Gasteiger partial charge in [-0.3, -0.25) is 14.6 Å². The van der Waals surface area contributed by atoms with Gasteiger partial charge in [0.2, 0.25) is 5.91 Å². The largest absolute Gasteiger partial charge is 0.380 e. The summed E-state index contributed by atoms with van der Waals surface area (Å²) in [5, 5.41) is 0. The van der Waals surface area contributed by atoms with Gasteiger partial charge in [0.15, 0.2) is 0 Å². The average Bonchev–Trinajstić information content (AvgIpc) is 2.50. The molecule has 1 atom stereocenters. The fourth-order valence-electron chi connectivity index (χ4n) is 2.95. The van der Waals surface area contributed by atoms with Gasteiger partial charge in [0.1, 0.15) is 0 Å². The van der Waals surface area contributed by atoms with Crippen molar-refractivity contribution >= 4 is 5.91 Å². The summed E-state index contributed by atoms with van der Waals surface area (Å²) in [7, 11) is 0. The van der Waals surface area contributed by atoms with Crippen molar-refractivity contribution in [3.8, 4) is 0 Å². The van der Waals surface area contributed by atoms with Gasteiger partial charge in [-0.05, 0) is 31.5 Å². The van der Waals surface area contributed by atoms with E-state index in [1.165, 1.54) is 0 Å². The van der Waals surface area contributed by atoms with Gasteiger partial charge < -0.3 is 10.5 Å².